The van der Waals surface area contributed by atoms with Gasteiger partial charge in [0.15, 0.2) is 0 Å². The maximum absolute atomic E-state index is 13.2. The van der Waals surface area contributed by atoms with Crippen molar-refractivity contribution in [1.29, 1.82) is 0 Å². The smallest absolute Gasteiger partial charge is 0.123 e. The lowest BCUT2D eigenvalue weighted by Crippen LogP contribution is -2.00. The van der Waals surface area contributed by atoms with E-state index >= 15 is 0 Å². The van der Waals surface area contributed by atoms with Gasteiger partial charge in [-0.05, 0) is 40.3 Å². The molecule has 0 aliphatic carbocycles. The second kappa shape index (κ2) is 5.32. The van der Waals surface area contributed by atoms with Crippen LogP contribution in [0.2, 0.25) is 0 Å². The predicted octanol–water partition coefficient (Wildman–Crippen LogP) is 4.07. The van der Waals surface area contributed by atoms with E-state index in [1.54, 1.807) is 6.07 Å². The Kier molecular flexibility index (Phi) is 3.78. The van der Waals surface area contributed by atoms with E-state index in [2.05, 4.69) is 38.1 Å². The van der Waals surface area contributed by atoms with Gasteiger partial charge in [-0.25, -0.2) is 4.39 Å². The summed E-state index contributed by atoms with van der Waals surface area (Å²) in [5, 5.41) is 0. The fourth-order valence-corrected chi connectivity index (χ4v) is 2.06. The van der Waals surface area contributed by atoms with Crippen molar-refractivity contribution in [3.05, 3.63) is 59.4 Å². The first-order chi connectivity index (χ1) is 8.61. The quantitative estimate of drug-likeness (QED) is 0.863. The summed E-state index contributed by atoms with van der Waals surface area (Å²) in [4.78, 5) is 0. The average molecular weight is 243 g/mol. The summed E-state index contributed by atoms with van der Waals surface area (Å²) in [6, 6.07) is 13.1. The molecule has 2 N–H and O–H groups in total. The highest BCUT2D eigenvalue weighted by Gasteiger charge is 2.06. The Labute approximate surface area is 107 Å². The molecule has 0 saturated heterocycles. The molecule has 0 aromatic heterocycles. The zero-order valence-corrected chi connectivity index (χ0v) is 10.8. The van der Waals surface area contributed by atoms with E-state index in [1.165, 1.54) is 17.7 Å². The molecule has 0 saturated carbocycles. The summed E-state index contributed by atoms with van der Waals surface area (Å²) >= 11 is 0. The van der Waals surface area contributed by atoms with Gasteiger partial charge in [-0.1, -0.05) is 44.2 Å². The number of hydrogen-bond donors (Lipinski definition) is 1. The van der Waals surface area contributed by atoms with Crippen LogP contribution in [0.15, 0.2) is 42.5 Å². The van der Waals surface area contributed by atoms with Crippen LogP contribution < -0.4 is 5.73 Å². The first kappa shape index (κ1) is 12.8. The number of rotatable bonds is 3. The van der Waals surface area contributed by atoms with E-state index in [0.717, 1.165) is 16.7 Å². The van der Waals surface area contributed by atoms with Gasteiger partial charge in [0.2, 0.25) is 0 Å². The molecule has 0 atom stereocenters. The van der Waals surface area contributed by atoms with E-state index in [1.807, 2.05) is 0 Å². The largest absolute Gasteiger partial charge is 0.326 e. The highest BCUT2D eigenvalue weighted by Crippen LogP contribution is 2.26. The third-order valence-electron chi connectivity index (χ3n) is 3.18. The Bertz CT molecular complexity index is 529. The molecule has 0 amide bonds. The molecule has 0 aliphatic heterocycles. The van der Waals surface area contributed by atoms with Crippen LogP contribution in [-0.4, -0.2) is 0 Å². The van der Waals surface area contributed by atoms with Gasteiger partial charge < -0.3 is 5.73 Å². The Morgan fingerprint density at radius 2 is 1.72 bits per heavy atom. The Hall–Kier alpha value is -1.67. The van der Waals surface area contributed by atoms with E-state index < -0.39 is 0 Å². The lowest BCUT2D eigenvalue weighted by Gasteiger charge is -2.10. The molecular formula is C16H18FN. The van der Waals surface area contributed by atoms with E-state index in [-0.39, 0.29) is 5.82 Å². The molecule has 0 spiro atoms. The van der Waals surface area contributed by atoms with Gasteiger partial charge in [-0.15, -0.1) is 0 Å². The van der Waals surface area contributed by atoms with E-state index in [4.69, 9.17) is 5.73 Å². The highest BCUT2D eigenvalue weighted by atomic mass is 19.1. The Morgan fingerprint density at radius 3 is 2.28 bits per heavy atom. The molecule has 0 radical (unpaired) electrons. The van der Waals surface area contributed by atoms with Gasteiger partial charge >= 0.3 is 0 Å². The molecule has 18 heavy (non-hydrogen) atoms. The normalized spacial score (nSPS) is 10.9. The summed E-state index contributed by atoms with van der Waals surface area (Å²) in [7, 11) is 0. The summed E-state index contributed by atoms with van der Waals surface area (Å²) in [6.45, 7) is 4.68. The molecule has 2 heteroatoms. The number of nitrogens with two attached hydrogens (primary N) is 1. The van der Waals surface area contributed by atoms with Crippen molar-refractivity contribution in [3.8, 4) is 11.1 Å². The van der Waals surface area contributed by atoms with Crippen molar-refractivity contribution in [2.24, 2.45) is 5.73 Å². The standard InChI is InChI=1S/C16H18FN/c1-11(2)12-3-5-13(6-4-12)16-8-7-15(17)9-14(16)10-18/h3-9,11H,10,18H2,1-2H3. The van der Waals surface area contributed by atoms with Crippen LogP contribution in [0, 0.1) is 5.82 Å². The minimum absolute atomic E-state index is 0.238. The van der Waals surface area contributed by atoms with Gasteiger partial charge in [-0.2, -0.15) is 0 Å². The van der Waals surface area contributed by atoms with Crippen LogP contribution in [0.4, 0.5) is 4.39 Å². The van der Waals surface area contributed by atoms with Crippen molar-refractivity contribution in [2.75, 3.05) is 0 Å². The fraction of sp³-hybridized carbons (Fsp3) is 0.250. The zero-order chi connectivity index (χ0) is 13.1. The van der Waals surface area contributed by atoms with Crippen molar-refractivity contribution >= 4 is 0 Å². The molecule has 1 nitrogen and oxygen atoms in total. The Balaban J connectivity index is 2.42. The molecule has 2 aromatic rings. The monoisotopic (exact) mass is 243 g/mol. The fourth-order valence-electron chi connectivity index (χ4n) is 2.06. The van der Waals surface area contributed by atoms with E-state index in [9.17, 15) is 4.39 Å². The minimum atomic E-state index is -0.238. The van der Waals surface area contributed by atoms with Crippen molar-refractivity contribution in [2.45, 2.75) is 26.3 Å². The molecule has 0 bridgehead atoms. The van der Waals surface area contributed by atoms with Gasteiger partial charge in [0.1, 0.15) is 5.82 Å². The van der Waals surface area contributed by atoms with Gasteiger partial charge in [0.25, 0.3) is 0 Å². The second-order valence-corrected chi connectivity index (χ2v) is 4.78. The first-order valence-electron chi connectivity index (χ1n) is 6.20. The second-order valence-electron chi connectivity index (χ2n) is 4.78. The minimum Gasteiger partial charge on any atom is -0.326 e. The molecule has 2 rings (SSSR count). The van der Waals surface area contributed by atoms with Crippen LogP contribution in [0.1, 0.15) is 30.9 Å². The van der Waals surface area contributed by atoms with Crippen LogP contribution in [-0.2, 0) is 6.54 Å². The van der Waals surface area contributed by atoms with Crippen molar-refractivity contribution in [3.63, 3.8) is 0 Å². The summed E-state index contributed by atoms with van der Waals surface area (Å²) in [5.74, 6) is 0.277. The van der Waals surface area contributed by atoms with Gasteiger partial charge in [0.05, 0.1) is 0 Å². The van der Waals surface area contributed by atoms with E-state index in [0.29, 0.717) is 12.5 Å². The zero-order valence-electron chi connectivity index (χ0n) is 10.8. The SMILES string of the molecule is CC(C)c1ccc(-c2ccc(F)cc2CN)cc1. The van der Waals surface area contributed by atoms with Crippen LogP contribution >= 0.6 is 0 Å². The van der Waals surface area contributed by atoms with Crippen LogP contribution in [0.3, 0.4) is 0 Å². The van der Waals surface area contributed by atoms with Gasteiger partial charge in [-0.3, -0.25) is 0 Å². The number of halogens is 1. The predicted molar refractivity (Wildman–Crippen MR) is 73.8 cm³/mol. The lowest BCUT2D eigenvalue weighted by molar-refractivity contribution is 0.625. The lowest BCUT2D eigenvalue weighted by atomic mass is 9.96. The molecule has 0 unspecified atom stereocenters. The van der Waals surface area contributed by atoms with Crippen LogP contribution in [0.5, 0.6) is 0 Å². The third kappa shape index (κ3) is 2.59. The molecule has 2 aromatic carbocycles. The van der Waals surface area contributed by atoms with Crippen LogP contribution in [0.25, 0.3) is 11.1 Å². The first-order valence-corrected chi connectivity index (χ1v) is 6.20. The van der Waals surface area contributed by atoms with Crippen molar-refractivity contribution < 1.29 is 4.39 Å². The molecule has 0 aliphatic rings. The highest BCUT2D eigenvalue weighted by molar-refractivity contribution is 5.67. The summed E-state index contributed by atoms with van der Waals surface area (Å²) < 4.78 is 13.2. The molecular weight excluding hydrogens is 225 g/mol. The van der Waals surface area contributed by atoms with Gasteiger partial charge in [0, 0.05) is 6.54 Å². The number of benzene rings is 2. The molecule has 0 heterocycles. The third-order valence-corrected chi connectivity index (χ3v) is 3.18. The topological polar surface area (TPSA) is 26.0 Å². The Morgan fingerprint density at radius 1 is 1.06 bits per heavy atom. The average Bonchev–Trinajstić information content (AvgIpc) is 2.38. The summed E-state index contributed by atoms with van der Waals surface area (Å²) in [6.07, 6.45) is 0. The summed E-state index contributed by atoms with van der Waals surface area (Å²) in [5.41, 5.74) is 9.90. The maximum atomic E-state index is 13.2. The van der Waals surface area contributed by atoms with Crippen molar-refractivity contribution in [1.82, 2.24) is 0 Å². The number of hydrogen-bond acceptors (Lipinski definition) is 1. The molecule has 0 fully saturated rings. The molecule has 94 valence electrons. The maximum Gasteiger partial charge on any atom is 0.123 e.